The van der Waals surface area contributed by atoms with Gasteiger partial charge in [-0.3, -0.25) is 0 Å². The predicted molar refractivity (Wildman–Crippen MR) is 172 cm³/mol. The zero-order valence-electron chi connectivity index (χ0n) is 26.6. The van der Waals surface area contributed by atoms with E-state index in [9.17, 15) is 0 Å². The van der Waals surface area contributed by atoms with E-state index in [2.05, 4.69) is 65.6 Å². The molecule has 2 aromatic rings. The smallest absolute Gasteiger partial charge is 0.0833 e. The maximum Gasteiger partial charge on any atom is 0.0833 e. The van der Waals surface area contributed by atoms with Crippen LogP contribution < -0.4 is 22.1 Å². The van der Waals surface area contributed by atoms with Crippen LogP contribution in [-0.4, -0.2) is 98.4 Å². The Bertz CT molecular complexity index is 1360. The summed E-state index contributed by atoms with van der Waals surface area (Å²) in [5.74, 6) is 0. The largest absolute Gasteiger partial charge is 0.373 e. The van der Waals surface area contributed by atoms with Crippen LogP contribution in [0.1, 0.15) is 44.9 Å². The first kappa shape index (κ1) is 30.0. The Balaban J connectivity index is 1.33. The average Bonchev–Trinajstić information content (AvgIpc) is 3.80. The van der Waals surface area contributed by atoms with E-state index in [4.69, 9.17) is 45.6 Å². The zero-order chi connectivity index (χ0) is 31.2. The highest BCUT2D eigenvalue weighted by atomic mass is 16.6. The van der Waals surface area contributed by atoms with Gasteiger partial charge in [0.25, 0.3) is 0 Å². The predicted octanol–water partition coefficient (Wildman–Crippen LogP) is 2.78. The highest BCUT2D eigenvalue weighted by Gasteiger charge is 2.80. The van der Waals surface area contributed by atoms with Gasteiger partial charge in [0.05, 0.1) is 92.9 Å². The maximum atomic E-state index is 8.33. The highest BCUT2D eigenvalue weighted by molar-refractivity contribution is 5.68. The number of hydrogen-bond acceptors (Lipinski definition) is 10. The van der Waals surface area contributed by atoms with Gasteiger partial charge in [0.2, 0.25) is 0 Å². The van der Waals surface area contributed by atoms with Crippen molar-refractivity contribution in [2.45, 2.75) is 104 Å². The molecule has 0 spiro atoms. The molecule has 0 bridgehead atoms. The van der Waals surface area contributed by atoms with E-state index in [-0.39, 0.29) is 36.6 Å². The van der Waals surface area contributed by atoms with Crippen molar-refractivity contribution in [2.24, 2.45) is 22.6 Å². The van der Waals surface area contributed by atoms with Gasteiger partial charge < -0.3 is 50.5 Å². The van der Waals surface area contributed by atoms with Crippen molar-refractivity contribution in [3.8, 4) is 0 Å². The molecule has 2 aromatic carbocycles. The molecule has 10 unspecified atom stereocenters. The van der Waals surface area contributed by atoms with E-state index in [0.29, 0.717) is 58.5 Å². The molecule has 6 N–H and O–H groups in total. The Labute approximate surface area is 271 Å². The first-order chi connectivity index (χ1) is 22.3. The minimum absolute atomic E-state index is 0.00183. The summed E-state index contributed by atoms with van der Waals surface area (Å²) >= 11 is 0. The fourth-order valence-corrected chi connectivity index (χ4v) is 9.75. The van der Waals surface area contributed by atoms with Crippen LogP contribution in [0.3, 0.4) is 0 Å². The van der Waals surface area contributed by atoms with Crippen LogP contribution >= 0.6 is 0 Å². The molecule has 0 aromatic heterocycles. The summed E-state index contributed by atoms with van der Waals surface area (Å²) in [7, 11) is 0. The van der Waals surface area contributed by atoms with E-state index < -0.39 is 27.6 Å². The van der Waals surface area contributed by atoms with Crippen LogP contribution in [0.15, 0.2) is 60.7 Å². The number of nitrogens with two attached hydrogens (primary N) is 3. The minimum atomic E-state index is -1.07. The monoisotopic (exact) mass is 632 g/mol. The molecule has 248 valence electrons. The molecule has 7 aliphatic rings. The standard InChI is InChI=1S/C36H48N4O6/c37-34(14-29-20-44-29)32(11-26-17-41-26,12-27-18-42-27)23-33(13-28-19-43-28,35(38,15-30-21-45-30)36(34,39)16-31-22-46-31)40(24-7-3-1-4-8-24)25-9-5-2-6-10-25/h1-10,26-31H,11-23,37-39H2. The van der Waals surface area contributed by atoms with Crippen molar-refractivity contribution in [3.63, 3.8) is 0 Å². The van der Waals surface area contributed by atoms with Crippen molar-refractivity contribution in [1.29, 1.82) is 0 Å². The molecule has 1 saturated carbocycles. The Morgan fingerprint density at radius 2 is 0.826 bits per heavy atom. The highest BCUT2D eigenvalue weighted by Crippen LogP contribution is 2.68. The van der Waals surface area contributed by atoms with Crippen molar-refractivity contribution in [3.05, 3.63) is 60.7 Å². The average molecular weight is 633 g/mol. The van der Waals surface area contributed by atoms with Crippen molar-refractivity contribution < 1.29 is 28.4 Å². The van der Waals surface area contributed by atoms with Gasteiger partial charge in [-0.05, 0) is 68.2 Å². The van der Waals surface area contributed by atoms with E-state index in [1.54, 1.807) is 0 Å². The van der Waals surface area contributed by atoms with Gasteiger partial charge in [-0.2, -0.15) is 0 Å². The second kappa shape index (κ2) is 10.7. The lowest BCUT2D eigenvalue weighted by Gasteiger charge is -2.75. The van der Waals surface area contributed by atoms with Gasteiger partial charge in [-0.15, -0.1) is 0 Å². The summed E-state index contributed by atoms with van der Waals surface area (Å²) < 4.78 is 36.3. The van der Waals surface area contributed by atoms with Crippen LogP contribution in [0.4, 0.5) is 11.4 Å². The molecule has 46 heavy (non-hydrogen) atoms. The maximum absolute atomic E-state index is 8.33. The summed E-state index contributed by atoms with van der Waals surface area (Å²) in [6.45, 7) is 4.19. The molecular weight excluding hydrogens is 584 g/mol. The van der Waals surface area contributed by atoms with Crippen LogP contribution in [0.5, 0.6) is 0 Å². The Morgan fingerprint density at radius 3 is 1.24 bits per heavy atom. The number of hydrogen-bond donors (Lipinski definition) is 3. The van der Waals surface area contributed by atoms with Gasteiger partial charge in [-0.1, -0.05) is 36.4 Å². The lowest BCUT2D eigenvalue weighted by molar-refractivity contribution is -0.132. The Kier molecular flexibility index (Phi) is 6.97. The quantitative estimate of drug-likeness (QED) is 0.250. The second-order valence-corrected chi connectivity index (χ2v) is 15.4. The van der Waals surface area contributed by atoms with E-state index in [1.165, 1.54) is 0 Å². The first-order valence-electron chi connectivity index (χ1n) is 17.2. The number of benzene rings is 2. The molecule has 6 aliphatic heterocycles. The minimum Gasteiger partial charge on any atom is -0.373 e. The molecule has 1 aliphatic carbocycles. The van der Waals surface area contributed by atoms with Gasteiger partial charge in [-0.25, -0.2) is 0 Å². The van der Waals surface area contributed by atoms with E-state index in [1.807, 2.05) is 0 Å². The SMILES string of the molecule is NC1(CC2CO2)C(CC2CO2)(CC2CO2)CC(CC2CO2)(N(c2ccccc2)c2ccccc2)C(N)(CC2CO2)C1(N)CC1CO1. The van der Waals surface area contributed by atoms with Gasteiger partial charge >= 0.3 is 0 Å². The third kappa shape index (κ3) is 5.04. The molecule has 10 nitrogen and oxygen atoms in total. The van der Waals surface area contributed by atoms with Crippen LogP contribution in [0.2, 0.25) is 0 Å². The zero-order valence-corrected chi connectivity index (χ0v) is 26.6. The molecule has 0 radical (unpaired) electrons. The third-order valence-corrected chi connectivity index (χ3v) is 12.3. The van der Waals surface area contributed by atoms with Gasteiger partial charge in [0.15, 0.2) is 0 Å². The molecule has 6 saturated heterocycles. The summed E-state index contributed by atoms with van der Waals surface area (Å²) in [6.07, 6.45) is 5.13. The molecule has 10 atom stereocenters. The van der Waals surface area contributed by atoms with Crippen molar-refractivity contribution >= 4 is 11.4 Å². The molecule has 7 fully saturated rings. The number of anilines is 2. The topological polar surface area (TPSA) is 156 Å². The number of rotatable bonds is 15. The summed E-state index contributed by atoms with van der Waals surface area (Å²) in [4.78, 5) is 2.51. The fraction of sp³-hybridized carbons (Fsp3) is 0.667. The Hall–Kier alpha value is -2.12. The summed E-state index contributed by atoms with van der Waals surface area (Å²) in [5.41, 5.74) is 22.7. The number of para-hydroxylation sites is 2. The van der Waals surface area contributed by atoms with E-state index in [0.717, 1.165) is 37.4 Å². The van der Waals surface area contributed by atoms with Crippen LogP contribution in [-0.2, 0) is 28.4 Å². The molecule has 0 amide bonds. The van der Waals surface area contributed by atoms with Crippen molar-refractivity contribution in [1.82, 2.24) is 0 Å². The third-order valence-electron chi connectivity index (χ3n) is 12.3. The number of nitrogens with zero attached hydrogens (tertiary/aromatic N) is 1. The summed E-state index contributed by atoms with van der Waals surface area (Å²) in [6, 6.07) is 21.3. The Morgan fingerprint density at radius 1 is 0.478 bits per heavy atom. The fourth-order valence-electron chi connectivity index (χ4n) is 9.75. The number of ether oxygens (including phenoxy) is 6. The van der Waals surface area contributed by atoms with Crippen LogP contribution in [0, 0.1) is 5.41 Å². The first-order valence-corrected chi connectivity index (χ1v) is 17.2. The van der Waals surface area contributed by atoms with Gasteiger partial charge in [0, 0.05) is 23.3 Å². The van der Waals surface area contributed by atoms with Gasteiger partial charge in [0.1, 0.15) is 0 Å². The normalized spacial score (nSPS) is 46.4. The summed E-state index contributed by atoms with van der Waals surface area (Å²) in [5, 5.41) is 0. The van der Waals surface area contributed by atoms with E-state index >= 15 is 0 Å². The molecule has 10 heteroatoms. The lowest BCUT2D eigenvalue weighted by atomic mass is 9.37. The molecular formula is C36H48N4O6. The molecule has 9 rings (SSSR count). The van der Waals surface area contributed by atoms with Crippen molar-refractivity contribution in [2.75, 3.05) is 44.5 Å². The number of epoxide rings is 6. The molecule has 6 heterocycles. The second-order valence-electron chi connectivity index (χ2n) is 15.4. The lowest BCUT2D eigenvalue weighted by Crippen LogP contribution is -2.94. The van der Waals surface area contributed by atoms with Crippen LogP contribution in [0.25, 0.3) is 0 Å².